The van der Waals surface area contributed by atoms with Gasteiger partial charge < -0.3 is 9.67 Å². The van der Waals surface area contributed by atoms with E-state index in [1.807, 2.05) is 24.3 Å². The molecule has 1 aromatic heterocycles. The quantitative estimate of drug-likeness (QED) is 0.948. The van der Waals surface area contributed by atoms with Gasteiger partial charge in [0.05, 0.1) is 0 Å². The van der Waals surface area contributed by atoms with Crippen LogP contribution in [-0.2, 0) is 13.5 Å². The van der Waals surface area contributed by atoms with Crippen molar-refractivity contribution < 1.29 is 9.90 Å². The van der Waals surface area contributed by atoms with Crippen LogP contribution in [0.2, 0.25) is 0 Å². The number of nitrogens with zero attached hydrogens (tertiary/aromatic N) is 2. The molecule has 5 heteroatoms. The first kappa shape index (κ1) is 12.8. The number of halogens is 1. The fourth-order valence-corrected chi connectivity index (χ4v) is 2.19. The third-order valence-corrected chi connectivity index (χ3v) is 3.76. The third-order valence-electron chi connectivity index (χ3n) is 2.85. The average molecular weight is 309 g/mol. The van der Waals surface area contributed by atoms with Crippen LogP contribution in [0.3, 0.4) is 0 Å². The number of imidazole rings is 1. The fraction of sp³-hybridized carbons (Fsp3) is 0.231. The van der Waals surface area contributed by atoms with Crippen molar-refractivity contribution in [1.29, 1.82) is 0 Å². The zero-order chi connectivity index (χ0) is 13.3. The van der Waals surface area contributed by atoms with Crippen LogP contribution in [0.15, 0.2) is 28.9 Å². The summed E-state index contributed by atoms with van der Waals surface area (Å²) in [6, 6.07) is 7.97. The van der Waals surface area contributed by atoms with Gasteiger partial charge in [0, 0.05) is 12.6 Å². The van der Waals surface area contributed by atoms with Crippen molar-refractivity contribution in [3.63, 3.8) is 0 Å². The number of aryl methyl sites for hydroxylation is 1. The third kappa shape index (κ3) is 2.18. The number of carbonyl (C=O) groups is 1. The van der Waals surface area contributed by atoms with E-state index in [1.54, 1.807) is 11.6 Å². The maximum atomic E-state index is 11.0. The Morgan fingerprint density at radius 2 is 2.00 bits per heavy atom. The molecule has 2 rings (SSSR count). The summed E-state index contributed by atoms with van der Waals surface area (Å²) in [7, 11) is 1.78. The second-order valence-electron chi connectivity index (χ2n) is 3.99. The highest BCUT2D eigenvalue weighted by molar-refractivity contribution is 9.10. The van der Waals surface area contributed by atoms with Crippen LogP contribution < -0.4 is 0 Å². The Labute approximate surface area is 113 Å². The zero-order valence-corrected chi connectivity index (χ0v) is 11.7. The first-order chi connectivity index (χ1) is 8.54. The van der Waals surface area contributed by atoms with Gasteiger partial charge in [0.2, 0.25) is 0 Å². The van der Waals surface area contributed by atoms with Crippen molar-refractivity contribution in [2.24, 2.45) is 7.05 Å². The van der Waals surface area contributed by atoms with Gasteiger partial charge in [-0.1, -0.05) is 31.2 Å². The Morgan fingerprint density at radius 3 is 2.44 bits per heavy atom. The Kier molecular flexibility index (Phi) is 3.52. The molecule has 0 aliphatic carbocycles. The first-order valence-electron chi connectivity index (χ1n) is 5.59. The Hall–Kier alpha value is -1.62. The van der Waals surface area contributed by atoms with E-state index in [0.717, 1.165) is 12.0 Å². The molecule has 0 saturated carbocycles. The van der Waals surface area contributed by atoms with Crippen LogP contribution in [0.1, 0.15) is 23.0 Å². The Balaban J connectivity index is 2.50. The molecule has 18 heavy (non-hydrogen) atoms. The smallest absolute Gasteiger partial charge is 0.357 e. The number of aromatic carboxylic acids is 1. The summed E-state index contributed by atoms with van der Waals surface area (Å²) >= 11 is 3.25. The summed E-state index contributed by atoms with van der Waals surface area (Å²) in [5.74, 6) is -0.393. The zero-order valence-electron chi connectivity index (χ0n) is 10.1. The lowest BCUT2D eigenvalue weighted by molar-refractivity contribution is 0.0690. The van der Waals surface area contributed by atoms with E-state index in [4.69, 9.17) is 5.11 Å². The summed E-state index contributed by atoms with van der Waals surface area (Å²) in [4.78, 5) is 15.2. The van der Waals surface area contributed by atoms with Crippen molar-refractivity contribution in [2.45, 2.75) is 13.3 Å². The van der Waals surface area contributed by atoms with E-state index < -0.39 is 5.97 Å². The van der Waals surface area contributed by atoms with E-state index in [-0.39, 0.29) is 5.69 Å². The molecule has 0 radical (unpaired) electrons. The van der Waals surface area contributed by atoms with Crippen LogP contribution in [0.5, 0.6) is 0 Å². The molecule has 1 heterocycles. The molecule has 2 aromatic rings. The van der Waals surface area contributed by atoms with Crippen molar-refractivity contribution in [3.05, 3.63) is 40.1 Å². The molecule has 0 fully saturated rings. The molecule has 0 aliphatic rings. The van der Waals surface area contributed by atoms with Crippen LogP contribution in [-0.4, -0.2) is 20.6 Å². The van der Waals surface area contributed by atoms with E-state index in [1.165, 1.54) is 5.56 Å². The fourth-order valence-electron chi connectivity index (χ4n) is 1.76. The van der Waals surface area contributed by atoms with E-state index in [0.29, 0.717) is 10.4 Å². The number of hydrogen-bond acceptors (Lipinski definition) is 2. The molecular weight excluding hydrogens is 296 g/mol. The van der Waals surface area contributed by atoms with Gasteiger partial charge in [-0.2, -0.15) is 0 Å². The number of aromatic nitrogens is 2. The summed E-state index contributed by atoms with van der Waals surface area (Å²) in [6.07, 6.45) is 0.977. The molecule has 0 amide bonds. The highest BCUT2D eigenvalue weighted by Crippen LogP contribution is 2.25. The van der Waals surface area contributed by atoms with Gasteiger partial charge in [-0.15, -0.1) is 0 Å². The van der Waals surface area contributed by atoms with Crippen molar-refractivity contribution in [2.75, 3.05) is 0 Å². The van der Waals surface area contributed by atoms with Gasteiger partial charge in [-0.05, 0) is 27.9 Å². The molecule has 0 aliphatic heterocycles. The number of carboxylic acids is 1. The Morgan fingerprint density at radius 1 is 1.39 bits per heavy atom. The Bertz CT molecular complexity index is 588. The molecular formula is C13H13BrN2O2. The van der Waals surface area contributed by atoms with Gasteiger partial charge in [0.1, 0.15) is 10.4 Å². The van der Waals surface area contributed by atoms with Crippen LogP contribution >= 0.6 is 15.9 Å². The topological polar surface area (TPSA) is 55.1 Å². The summed E-state index contributed by atoms with van der Waals surface area (Å²) in [5.41, 5.74) is 2.18. The predicted octanol–water partition coefficient (Wildman–Crippen LogP) is 3.11. The minimum atomic E-state index is -1.03. The normalized spacial score (nSPS) is 10.6. The molecule has 0 atom stereocenters. The number of rotatable bonds is 3. The lowest BCUT2D eigenvalue weighted by Crippen LogP contribution is -1.97. The monoisotopic (exact) mass is 308 g/mol. The molecule has 1 aromatic carbocycles. The second-order valence-corrected chi connectivity index (χ2v) is 4.74. The van der Waals surface area contributed by atoms with Gasteiger partial charge in [0.25, 0.3) is 0 Å². The first-order valence-corrected chi connectivity index (χ1v) is 6.38. The largest absolute Gasteiger partial charge is 0.476 e. The maximum Gasteiger partial charge on any atom is 0.357 e. The number of benzene rings is 1. The highest BCUT2D eigenvalue weighted by Gasteiger charge is 2.18. The maximum absolute atomic E-state index is 11.0. The lowest BCUT2D eigenvalue weighted by atomic mass is 10.1. The predicted molar refractivity (Wildman–Crippen MR) is 72.7 cm³/mol. The number of hydrogen-bond donors (Lipinski definition) is 1. The van der Waals surface area contributed by atoms with Gasteiger partial charge >= 0.3 is 5.97 Å². The van der Waals surface area contributed by atoms with Gasteiger partial charge in [-0.25, -0.2) is 9.78 Å². The molecule has 0 saturated heterocycles. The summed E-state index contributed by atoms with van der Waals surface area (Å²) < 4.78 is 2.20. The second kappa shape index (κ2) is 4.94. The summed E-state index contributed by atoms with van der Waals surface area (Å²) in [5, 5.41) is 9.03. The average Bonchev–Trinajstić information content (AvgIpc) is 2.67. The van der Waals surface area contributed by atoms with E-state index in [2.05, 4.69) is 27.8 Å². The molecule has 1 N–H and O–H groups in total. The molecule has 0 unspecified atom stereocenters. The van der Waals surface area contributed by atoms with Gasteiger partial charge in [-0.3, -0.25) is 0 Å². The van der Waals surface area contributed by atoms with Crippen molar-refractivity contribution >= 4 is 21.9 Å². The van der Waals surface area contributed by atoms with Crippen LogP contribution in [0, 0.1) is 0 Å². The number of carboxylic acid groups (broad SMARTS) is 1. The summed E-state index contributed by atoms with van der Waals surface area (Å²) in [6.45, 7) is 2.09. The minimum absolute atomic E-state index is 0.0343. The van der Waals surface area contributed by atoms with E-state index in [9.17, 15) is 4.79 Å². The molecule has 0 spiro atoms. The minimum Gasteiger partial charge on any atom is -0.476 e. The standard InChI is InChI=1S/C13H13BrN2O2/c1-3-8-4-6-9(7-5-8)12-15-10(13(17)18)11(14)16(12)2/h4-7H,3H2,1-2H3,(H,17,18). The van der Waals surface area contributed by atoms with Crippen molar-refractivity contribution in [1.82, 2.24) is 9.55 Å². The van der Waals surface area contributed by atoms with E-state index >= 15 is 0 Å². The molecule has 4 nitrogen and oxygen atoms in total. The highest BCUT2D eigenvalue weighted by atomic mass is 79.9. The molecule has 0 bridgehead atoms. The van der Waals surface area contributed by atoms with Gasteiger partial charge in [0.15, 0.2) is 5.69 Å². The molecule has 94 valence electrons. The SMILES string of the molecule is CCc1ccc(-c2nc(C(=O)O)c(Br)n2C)cc1. The van der Waals surface area contributed by atoms with Crippen LogP contribution in [0.25, 0.3) is 11.4 Å². The van der Waals surface area contributed by atoms with Crippen LogP contribution in [0.4, 0.5) is 0 Å². The lowest BCUT2D eigenvalue weighted by Gasteiger charge is -2.03. The van der Waals surface area contributed by atoms with Crippen molar-refractivity contribution in [3.8, 4) is 11.4 Å².